The Labute approximate surface area is 136 Å². The van der Waals surface area contributed by atoms with Gasteiger partial charge in [-0.15, -0.1) is 0 Å². The van der Waals surface area contributed by atoms with Crippen LogP contribution in [0.3, 0.4) is 0 Å². The second-order valence-electron chi connectivity index (χ2n) is 8.62. The molecule has 0 unspecified atom stereocenters. The van der Waals surface area contributed by atoms with Crippen LogP contribution < -0.4 is 5.19 Å². The highest BCUT2D eigenvalue weighted by Crippen LogP contribution is 2.37. The van der Waals surface area contributed by atoms with Gasteiger partial charge in [-0.3, -0.25) is 4.98 Å². The molecule has 3 nitrogen and oxygen atoms in total. The first-order valence-electron chi connectivity index (χ1n) is 7.93. The summed E-state index contributed by atoms with van der Waals surface area (Å²) < 4.78 is 12.2. The molecule has 2 aromatic heterocycles. The van der Waals surface area contributed by atoms with Gasteiger partial charge in [-0.05, 0) is 29.4 Å². The van der Waals surface area contributed by atoms with Crippen molar-refractivity contribution in [1.82, 2.24) is 4.98 Å². The highest BCUT2D eigenvalue weighted by molar-refractivity contribution is 6.88. The number of pyridine rings is 1. The van der Waals surface area contributed by atoms with Crippen molar-refractivity contribution < 1.29 is 8.84 Å². The van der Waals surface area contributed by atoms with E-state index in [0.717, 1.165) is 16.9 Å². The lowest BCUT2D eigenvalue weighted by molar-refractivity contribution is 0.249. The number of rotatable bonds is 4. The Balaban J connectivity index is 2.20. The van der Waals surface area contributed by atoms with Crippen LogP contribution in [0.25, 0.3) is 11.1 Å². The van der Waals surface area contributed by atoms with Crippen LogP contribution in [-0.2, 0) is 11.0 Å². The molecule has 0 spiro atoms. The van der Waals surface area contributed by atoms with Crippen LogP contribution in [-0.4, -0.2) is 21.4 Å². The van der Waals surface area contributed by atoms with Crippen LogP contribution >= 0.6 is 0 Å². The topological polar surface area (TPSA) is 35.3 Å². The summed E-state index contributed by atoms with van der Waals surface area (Å²) in [6.07, 6.45) is 2.00. The normalized spacial score (nSPS) is 13.8. The molecule has 2 heterocycles. The number of hydrogen-bond donors (Lipinski definition) is 0. The largest absolute Gasteiger partial charge is 0.457 e. The lowest BCUT2D eigenvalue weighted by atomic mass is 10.2. The lowest BCUT2D eigenvalue weighted by Crippen LogP contribution is -2.40. The van der Waals surface area contributed by atoms with Gasteiger partial charge in [0.1, 0.15) is 11.3 Å². The number of nitrogens with zero attached hydrogens (tertiary/aromatic N) is 1. The van der Waals surface area contributed by atoms with Crippen molar-refractivity contribution in [1.29, 1.82) is 0 Å². The van der Waals surface area contributed by atoms with Crippen molar-refractivity contribution in [2.75, 3.05) is 0 Å². The Morgan fingerprint density at radius 3 is 2.27 bits per heavy atom. The van der Waals surface area contributed by atoms with Gasteiger partial charge >= 0.3 is 0 Å². The van der Waals surface area contributed by atoms with E-state index in [-0.39, 0.29) is 5.04 Å². The summed E-state index contributed by atoms with van der Waals surface area (Å²) in [5.74, 6) is 0.875. The number of aromatic nitrogens is 1. The molecule has 0 saturated heterocycles. The molecule has 122 valence electrons. The zero-order chi connectivity index (χ0) is 16.8. The van der Waals surface area contributed by atoms with E-state index in [1.54, 1.807) is 0 Å². The zero-order valence-electron chi connectivity index (χ0n) is 15.2. The van der Waals surface area contributed by atoms with Gasteiger partial charge in [0, 0.05) is 12.3 Å². The molecule has 0 aliphatic carbocycles. The number of fused-ring (bicyclic) bond motifs is 1. The van der Waals surface area contributed by atoms with Gasteiger partial charge in [-0.25, -0.2) is 0 Å². The highest BCUT2D eigenvalue weighted by atomic mass is 28.4. The summed E-state index contributed by atoms with van der Waals surface area (Å²) in [5, 5.41) is 1.54. The third kappa shape index (κ3) is 3.70. The van der Waals surface area contributed by atoms with E-state index in [1.807, 2.05) is 12.3 Å². The van der Waals surface area contributed by atoms with Gasteiger partial charge in [0.2, 0.25) is 0 Å². The molecule has 0 saturated carbocycles. The average molecular weight is 336 g/mol. The third-order valence-electron chi connectivity index (χ3n) is 4.67. The predicted molar refractivity (Wildman–Crippen MR) is 99.0 cm³/mol. The fourth-order valence-electron chi connectivity index (χ4n) is 1.92. The Bertz CT molecular complexity index is 663. The molecule has 0 radical (unpaired) electrons. The summed E-state index contributed by atoms with van der Waals surface area (Å²) in [5.41, 5.74) is 1.81. The van der Waals surface area contributed by atoms with Crippen LogP contribution in [0.5, 0.6) is 0 Å². The first kappa shape index (κ1) is 17.4. The van der Waals surface area contributed by atoms with Gasteiger partial charge in [-0.2, -0.15) is 0 Å². The molecule has 5 heteroatoms. The van der Waals surface area contributed by atoms with Gasteiger partial charge in [0.15, 0.2) is 13.9 Å². The molecule has 0 bridgehead atoms. The molecular weight excluding hydrogens is 306 g/mol. The number of furan rings is 1. The minimum absolute atomic E-state index is 0.211. The molecule has 2 aromatic rings. The monoisotopic (exact) mass is 335 g/mol. The Kier molecular flexibility index (Phi) is 4.45. The first-order valence-corrected chi connectivity index (χ1v) is 14.3. The molecule has 0 aliphatic heterocycles. The molecule has 0 N–H and O–H groups in total. The average Bonchev–Trinajstić information content (AvgIpc) is 2.75. The van der Waals surface area contributed by atoms with E-state index in [0.29, 0.717) is 6.61 Å². The molecule has 0 aromatic carbocycles. The molecule has 0 amide bonds. The maximum Gasteiger partial charge on any atom is 0.192 e. The van der Waals surface area contributed by atoms with Crippen molar-refractivity contribution in [2.24, 2.45) is 0 Å². The van der Waals surface area contributed by atoms with Crippen LogP contribution in [0.15, 0.2) is 22.7 Å². The Morgan fingerprint density at radius 1 is 1.09 bits per heavy atom. The van der Waals surface area contributed by atoms with Crippen LogP contribution in [0.1, 0.15) is 26.5 Å². The van der Waals surface area contributed by atoms with Crippen molar-refractivity contribution >= 4 is 32.7 Å². The first-order chi connectivity index (χ1) is 9.90. The van der Waals surface area contributed by atoms with Gasteiger partial charge in [0.25, 0.3) is 0 Å². The smallest absolute Gasteiger partial charge is 0.192 e. The Morgan fingerprint density at radius 2 is 1.73 bits per heavy atom. The van der Waals surface area contributed by atoms with Gasteiger partial charge < -0.3 is 8.84 Å². The van der Waals surface area contributed by atoms with Crippen LogP contribution in [0.2, 0.25) is 37.8 Å². The van der Waals surface area contributed by atoms with Crippen molar-refractivity contribution in [2.45, 2.75) is 65.2 Å². The molecule has 0 atom stereocenters. The van der Waals surface area contributed by atoms with E-state index >= 15 is 0 Å². The van der Waals surface area contributed by atoms with Crippen molar-refractivity contribution in [3.63, 3.8) is 0 Å². The second kappa shape index (κ2) is 5.62. The van der Waals surface area contributed by atoms with E-state index in [2.05, 4.69) is 64.6 Å². The molecule has 0 fully saturated rings. The fourth-order valence-corrected chi connectivity index (χ4v) is 3.87. The summed E-state index contributed by atoms with van der Waals surface area (Å²) in [6.45, 7) is 18.8. The van der Waals surface area contributed by atoms with Crippen LogP contribution in [0, 0.1) is 0 Å². The van der Waals surface area contributed by atoms with Crippen LogP contribution in [0.4, 0.5) is 0 Å². The van der Waals surface area contributed by atoms with Crippen molar-refractivity contribution in [3.8, 4) is 0 Å². The molecular formula is C17H29NO2Si2. The minimum Gasteiger partial charge on any atom is -0.457 e. The van der Waals surface area contributed by atoms with E-state index in [9.17, 15) is 0 Å². The Hall–Kier alpha value is -0.916. The summed E-state index contributed by atoms with van der Waals surface area (Å²) in [4.78, 5) is 4.56. The summed E-state index contributed by atoms with van der Waals surface area (Å²) >= 11 is 0. The van der Waals surface area contributed by atoms with Gasteiger partial charge in [0.05, 0.1) is 14.7 Å². The number of hydrogen-bond acceptors (Lipinski definition) is 3. The maximum absolute atomic E-state index is 6.23. The minimum atomic E-state index is -1.75. The highest BCUT2D eigenvalue weighted by Gasteiger charge is 2.37. The summed E-state index contributed by atoms with van der Waals surface area (Å²) in [6, 6.07) is 4.17. The predicted octanol–water partition coefficient (Wildman–Crippen LogP) is 4.89. The van der Waals surface area contributed by atoms with E-state index in [4.69, 9.17) is 8.84 Å². The van der Waals surface area contributed by atoms with E-state index < -0.39 is 16.4 Å². The molecule has 0 aliphatic rings. The van der Waals surface area contributed by atoms with Crippen molar-refractivity contribution in [3.05, 3.63) is 24.1 Å². The van der Waals surface area contributed by atoms with E-state index in [1.165, 1.54) is 5.19 Å². The van der Waals surface area contributed by atoms with Gasteiger partial charge in [-0.1, -0.05) is 40.4 Å². The lowest BCUT2D eigenvalue weighted by Gasteiger charge is -2.35. The zero-order valence-corrected chi connectivity index (χ0v) is 17.2. The molecule has 2 rings (SSSR count). The second-order valence-corrected chi connectivity index (χ2v) is 18.5. The fraction of sp³-hybridized carbons (Fsp3) is 0.588. The molecule has 22 heavy (non-hydrogen) atoms. The SMILES string of the molecule is CC(C)(C)[Si](C)(C)OCc1cc2ncc([Si](C)(C)C)cc2o1. The standard InChI is InChI=1S/C17H29NO2Si2/c1-17(2,3)22(7,8)19-12-13-9-15-16(20-13)10-14(11-18-15)21(4,5)6/h9-11H,12H2,1-8H3. The maximum atomic E-state index is 6.23. The third-order valence-corrected chi connectivity index (χ3v) is 11.2. The summed E-state index contributed by atoms with van der Waals surface area (Å²) in [7, 11) is -3.11. The quantitative estimate of drug-likeness (QED) is 0.746.